The Labute approximate surface area is 64.7 Å². The summed E-state index contributed by atoms with van der Waals surface area (Å²) in [5, 5.41) is 2.93. The maximum atomic E-state index is 10.8. The molecule has 0 radical (unpaired) electrons. The Morgan fingerprint density at radius 3 is 2.09 bits per heavy atom. The smallest absolute Gasteiger partial charge is 0.248 e. The summed E-state index contributed by atoms with van der Waals surface area (Å²) in [6.07, 6.45) is 0. The second-order valence-electron chi connectivity index (χ2n) is 3.63. The van der Waals surface area contributed by atoms with Crippen molar-refractivity contribution in [1.82, 2.24) is 0 Å². The van der Waals surface area contributed by atoms with E-state index in [2.05, 4.69) is 5.32 Å². The van der Waals surface area contributed by atoms with Gasteiger partial charge in [-0.1, -0.05) is 0 Å². The molecule has 0 aliphatic rings. The van der Waals surface area contributed by atoms with Crippen LogP contribution in [-0.4, -0.2) is 5.54 Å². The van der Waals surface area contributed by atoms with Crippen LogP contribution in [0, 0.1) is 0 Å². The standard InChI is InChI=1S/C8H11NO2/c1-8(2,3)9-5-4-6(10)7(5)11/h4,9H,1-3H3. The van der Waals surface area contributed by atoms with Crippen LogP contribution < -0.4 is 16.2 Å². The quantitative estimate of drug-likeness (QED) is 0.597. The van der Waals surface area contributed by atoms with Crippen LogP contribution in [0.1, 0.15) is 20.8 Å². The van der Waals surface area contributed by atoms with Crippen LogP contribution in [0.3, 0.4) is 0 Å². The van der Waals surface area contributed by atoms with Crippen LogP contribution in [0.15, 0.2) is 15.7 Å². The SMILES string of the molecule is CC(C)(C)Nc1cc(=O)c1=O. The zero-order valence-electron chi connectivity index (χ0n) is 6.89. The molecule has 0 fully saturated rings. The maximum Gasteiger partial charge on any atom is 0.248 e. The highest BCUT2D eigenvalue weighted by molar-refractivity contribution is 5.48. The van der Waals surface area contributed by atoms with Crippen molar-refractivity contribution < 1.29 is 0 Å². The topological polar surface area (TPSA) is 46.2 Å². The lowest BCUT2D eigenvalue weighted by molar-refractivity contribution is 0.632. The van der Waals surface area contributed by atoms with Crippen molar-refractivity contribution in [2.45, 2.75) is 26.3 Å². The lowest BCUT2D eigenvalue weighted by Crippen LogP contribution is -2.38. The van der Waals surface area contributed by atoms with E-state index in [0.29, 0.717) is 5.69 Å². The third kappa shape index (κ3) is 1.67. The Balaban J connectivity index is 2.78. The molecule has 0 spiro atoms. The summed E-state index contributed by atoms with van der Waals surface area (Å²) in [5.74, 6) is 0. The summed E-state index contributed by atoms with van der Waals surface area (Å²) in [4.78, 5) is 21.2. The molecule has 0 unspecified atom stereocenters. The maximum absolute atomic E-state index is 10.8. The Morgan fingerprint density at radius 1 is 1.27 bits per heavy atom. The summed E-state index contributed by atoms with van der Waals surface area (Å²) in [6.45, 7) is 5.80. The Kier molecular flexibility index (Phi) is 1.59. The monoisotopic (exact) mass is 153 g/mol. The fourth-order valence-corrected chi connectivity index (χ4v) is 0.814. The van der Waals surface area contributed by atoms with Gasteiger partial charge in [0.15, 0.2) is 0 Å². The average Bonchev–Trinajstić information content (AvgIpc) is 1.84. The molecule has 0 amide bonds. The minimum absolute atomic E-state index is 0.151. The van der Waals surface area contributed by atoms with Crippen molar-refractivity contribution in [3.05, 3.63) is 26.5 Å². The van der Waals surface area contributed by atoms with E-state index >= 15 is 0 Å². The van der Waals surface area contributed by atoms with E-state index in [1.54, 1.807) is 0 Å². The van der Waals surface area contributed by atoms with E-state index in [0.717, 1.165) is 0 Å². The van der Waals surface area contributed by atoms with Crippen LogP contribution in [0.5, 0.6) is 0 Å². The molecule has 0 atom stereocenters. The molecule has 1 rings (SSSR count). The molecule has 0 saturated carbocycles. The van der Waals surface area contributed by atoms with E-state index in [-0.39, 0.29) is 5.54 Å². The normalized spacial score (nSPS) is 11.9. The molecule has 1 aromatic carbocycles. The van der Waals surface area contributed by atoms with Crippen molar-refractivity contribution in [2.24, 2.45) is 0 Å². The van der Waals surface area contributed by atoms with Crippen molar-refractivity contribution >= 4 is 5.69 Å². The lowest BCUT2D eigenvalue weighted by atomic mass is 10.1. The lowest BCUT2D eigenvalue weighted by Gasteiger charge is -2.21. The predicted molar refractivity (Wildman–Crippen MR) is 44.7 cm³/mol. The molecule has 3 nitrogen and oxygen atoms in total. The molecular weight excluding hydrogens is 142 g/mol. The van der Waals surface area contributed by atoms with Gasteiger partial charge >= 0.3 is 0 Å². The molecule has 11 heavy (non-hydrogen) atoms. The van der Waals surface area contributed by atoms with E-state index in [1.807, 2.05) is 20.8 Å². The zero-order chi connectivity index (χ0) is 8.65. The largest absolute Gasteiger partial charge is 0.377 e. The summed E-state index contributed by atoms with van der Waals surface area (Å²) in [5.41, 5.74) is -0.526. The first kappa shape index (κ1) is 7.98. The van der Waals surface area contributed by atoms with Gasteiger partial charge in [0.05, 0.1) is 5.69 Å². The Morgan fingerprint density at radius 2 is 1.82 bits per heavy atom. The summed E-state index contributed by atoms with van der Waals surface area (Å²) in [6, 6.07) is 1.33. The first-order chi connectivity index (χ1) is 4.90. The highest BCUT2D eigenvalue weighted by atomic mass is 16.2. The van der Waals surface area contributed by atoms with Gasteiger partial charge in [0.2, 0.25) is 10.9 Å². The van der Waals surface area contributed by atoms with E-state index < -0.39 is 10.9 Å². The number of nitrogens with one attached hydrogen (secondary N) is 1. The highest BCUT2D eigenvalue weighted by Crippen LogP contribution is 2.08. The molecule has 3 heteroatoms. The molecule has 1 aromatic rings. The van der Waals surface area contributed by atoms with Crippen LogP contribution >= 0.6 is 0 Å². The second-order valence-corrected chi connectivity index (χ2v) is 3.63. The van der Waals surface area contributed by atoms with Gasteiger partial charge in [0.25, 0.3) is 0 Å². The predicted octanol–water partition coefficient (Wildman–Crippen LogP) is 0.493. The summed E-state index contributed by atoms with van der Waals surface area (Å²) in [7, 11) is 0. The number of hydrogen-bond donors (Lipinski definition) is 1. The van der Waals surface area contributed by atoms with Gasteiger partial charge in [-0.05, 0) is 20.8 Å². The molecule has 0 aromatic heterocycles. The molecule has 0 saturated heterocycles. The summed E-state index contributed by atoms with van der Waals surface area (Å²) >= 11 is 0. The second kappa shape index (κ2) is 2.19. The van der Waals surface area contributed by atoms with Crippen molar-refractivity contribution in [1.29, 1.82) is 0 Å². The Bertz CT molecular complexity index is 326. The third-order valence-corrected chi connectivity index (χ3v) is 1.25. The average molecular weight is 153 g/mol. The van der Waals surface area contributed by atoms with Gasteiger partial charge in [-0.3, -0.25) is 9.59 Å². The van der Waals surface area contributed by atoms with Crippen LogP contribution in [-0.2, 0) is 0 Å². The molecule has 0 heterocycles. The minimum atomic E-state index is -0.406. The van der Waals surface area contributed by atoms with Crippen LogP contribution in [0.4, 0.5) is 5.69 Å². The van der Waals surface area contributed by atoms with Crippen molar-refractivity contribution in [2.75, 3.05) is 5.32 Å². The molecule has 60 valence electrons. The van der Waals surface area contributed by atoms with Crippen LogP contribution in [0.25, 0.3) is 0 Å². The molecule has 1 N–H and O–H groups in total. The first-order valence-electron chi connectivity index (χ1n) is 3.49. The third-order valence-electron chi connectivity index (χ3n) is 1.25. The minimum Gasteiger partial charge on any atom is -0.377 e. The summed E-state index contributed by atoms with van der Waals surface area (Å²) < 4.78 is 0. The number of anilines is 1. The molecular formula is C8H11NO2. The van der Waals surface area contributed by atoms with Gasteiger partial charge in [-0.2, -0.15) is 0 Å². The molecule has 0 aliphatic heterocycles. The van der Waals surface area contributed by atoms with Gasteiger partial charge in [-0.15, -0.1) is 0 Å². The fourth-order valence-electron chi connectivity index (χ4n) is 0.814. The number of rotatable bonds is 1. The van der Waals surface area contributed by atoms with E-state index in [1.165, 1.54) is 6.07 Å². The van der Waals surface area contributed by atoms with Gasteiger partial charge < -0.3 is 5.32 Å². The van der Waals surface area contributed by atoms with Gasteiger partial charge in [-0.25, -0.2) is 0 Å². The zero-order valence-corrected chi connectivity index (χ0v) is 6.89. The highest BCUT2D eigenvalue weighted by Gasteiger charge is 2.15. The van der Waals surface area contributed by atoms with E-state index in [4.69, 9.17) is 0 Å². The van der Waals surface area contributed by atoms with Gasteiger partial charge in [0.1, 0.15) is 0 Å². The number of hydrogen-bond acceptors (Lipinski definition) is 3. The van der Waals surface area contributed by atoms with E-state index in [9.17, 15) is 9.59 Å². The van der Waals surface area contributed by atoms with Gasteiger partial charge in [0, 0.05) is 11.6 Å². The first-order valence-corrected chi connectivity index (χ1v) is 3.49. The van der Waals surface area contributed by atoms with Crippen molar-refractivity contribution in [3.63, 3.8) is 0 Å². The fraction of sp³-hybridized carbons (Fsp3) is 0.500. The Hall–Kier alpha value is -1.12. The van der Waals surface area contributed by atoms with Crippen molar-refractivity contribution in [3.8, 4) is 0 Å². The molecule has 0 bridgehead atoms. The van der Waals surface area contributed by atoms with Crippen LogP contribution in [0.2, 0.25) is 0 Å². The molecule has 0 aliphatic carbocycles.